The van der Waals surface area contributed by atoms with Gasteiger partial charge in [-0.15, -0.1) is 0 Å². The first kappa shape index (κ1) is 19.1. The van der Waals surface area contributed by atoms with E-state index in [4.69, 9.17) is 4.74 Å². The Hall–Kier alpha value is -3.26. The van der Waals surface area contributed by atoms with E-state index in [1.807, 2.05) is 0 Å². The summed E-state index contributed by atoms with van der Waals surface area (Å²) in [5.74, 6) is -1.44. The number of carbonyl (C=O) groups excluding carboxylic acids is 2. The van der Waals surface area contributed by atoms with Crippen LogP contribution in [0.1, 0.15) is 28.9 Å². The van der Waals surface area contributed by atoms with Gasteiger partial charge in [-0.3, -0.25) is 14.9 Å². The monoisotopic (exact) mass is 358 g/mol. The summed E-state index contributed by atoms with van der Waals surface area (Å²) < 4.78 is 4.82. The number of benzene rings is 2. The quantitative estimate of drug-likeness (QED) is 0.444. The molecule has 26 heavy (non-hydrogen) atoms. The highest BCUT2D eigenvalue weighted by Crippen LogP contribution is 2.20. The number of amides is 1. The van der Waals surface area contributed by atoms with Crippen LogP contribution in [0.4, 0.5) is 5.69 Å². The first-order valence-corrected chi connectivity index (χ1v) is 7.89. The number of nitrogens with one attached hydrogen (secondary N) is 1. The molecule has 2 aromatic carbocycles. The van der Waals surface area contributed by atoms with Crippen molar-refractivity contribution in [2.45, 2.75) is 19.1 Å². The van der Waals surface area contributed by atoms with E-state index in [-0.39, 0.29) is 17.9 Å². The van der Waals surface area contributed by atoms with Crippen molar-refractivity contribution >= 4 is 17.6 Å². The number of nitrogens with zero attached hydrogens (tertiary/aromatic N) is 1. The first-order valence-electron chi connectivity index (χ1n) is 7.89. The van der Waals surface area contributed by atoms with Gasteiger partial charge in [0.25, 0.3) is 11.6 Å². The third-order valence-corrected chi connectivity index (χ3v) is 3.63. The van der Waals surface area contributed by atoms with Crippen LogP contribution >= 0.6 is 0 Å². The van der Waals surface area contributed by atoms with Crippen LogP contribution in [0.15, 0.2) is 54.6 Å². The minimum Gasteiger partial charge on any atom is -0.464 e. The minimum atomic E-state index is -1.60. The average Bonchev–Trinajstić information content (AvgIpc) is 2.66. The van der Waals surface area contributed by atoms with Crippen LogP contribution in [-0.4, -0.2) is 34.6 Å². The van der Waals surface area contributed by atoms with E-state index in [0.29, 0.717) is 5.56 Å². The molecule has 0 aromatic heterocycles. The number of nitro benzene ring substituents is 1. The van der Waals surface area contributed by atoms with Crippen LogP contribution in [0.2, 0.25) is 0 Å². The Morgan fingerprint density at radius 3 is 2.31 bits per heavy atom. The molecule has 0 radical (unpaired) electrons. The molecule has 0 bridgehead atoms. The highest BCUT2D eigenvalue weighted by atomic mass is 16.6. The zero-order valence-corrected chi connectivity index (χ0v) is 14.0. The highest BCUT2D eigenvalue weighted by Gasteiger charge is 2.30. The van der Waals surface area contributed by atoms with Crippen LogP contribution in [-0.2, 0) is 9.53 Å². The molecule has 0 aliphatic rings. The molecule has 2 aromatic rings. The number of esters is 1. The number of carbonyl (C=O) groups is 2. The predicted molar refractivity (Wildman–Crippen MR) is 92.4 cm³/mol. The molecule has 0 aliphatic carbocycles. The Kier molecular flexibility index (Phi) is 6.40. The summed E-state index contributed by atoms with van der Waals surface area (Å²) in [6, 6.07) is 12.5. The minimum absolute atomic E-state index is 0.0910. The molecule has 0 saturated carbocycles. The average molecular weight is 358 g/mol. The predicted octanol–water partition coefficient (Wildman–Crippen LogP) is 1.99. The summed E-state index contributed by atoms with van der Waals surface area (Å²) in [6.07, 6.45) is -1.60. The topological polar surface area (TPSA) is 119 Å². The van der Waals surface area contributed by atoms with E-state index < -0.39 is 28.9 Å². The third-order valence-electron chi connectivity index (χ3n) is 3.63. The van der Waals surface area contributed by atoms with Crippen molar-refractivity contribution in [3.63, 3.8) is 0 Å². The van der Waals surface area contributed by atoms with Gasteiger partial charge in [-0.05, 0) is 24.6 Å². The van der Waals surface area contributed by atoms with Crippen molar-refractivity contribution in [1.29, 1.82) is 0 Å². The van der Waals surface area contributed by atoms with Gasteiger partial charge in [0.15, 0.2) is 6.10 Å². The van der Waals surface area contributed by atoms with Crippen LogP contribution in [0.3, 0.4) is 0 Å². The van der Waals surface area contributed by atoms with E-state index in [1.165, 1.54) is 24.3 Å². The molecular formula is C18H18N2O6. The summed E-state index contributed by atoms with van der Waals surface area (Å²) in [7, 11) is 0. The Bertz CT molecular complexity index is 776. The molecule has 0 aliphatic heterocycles. The maximum absolute atomic E-state index is 12.5. The molecule has 2 N–H and O–H groups in total. The molecule has 2 rings (SSSR count). The second-order valence-corrected chi connectivity index (χ2v) is 5.36. The number of hydrogen-bond acceptors (Lipinski definition) is 6. The molecule has 136 valence electrons. The van der Waals surface area contributed by atoms with Gasteiger partial charge in [0.05, 0.1) is 17.6 Å². The van der Waals surface area contributed by atoms with Crippen LogP contribution in [0, 0.1) is 10.1 Å². The van der Waals surface area contributed by atoms with Crippen LogP contribution < -0.4 is 5.32 Å². The normalized spacial score (nSPS) is 12.7. The number of hydrogen-bond donors (Lipinski definition) is 2. The Morgan fingerprint density at radius 1 is 1.15 bits per heavy atom. The van der Waals surface area contributed by atoms with Gasteiger partial charge in [-0.25, -0.2) is 4.79 Å². The standard InChI is InChI=1S/C18H18N2O6/c1-2-26-18(23)16(21)15(12-6-4-3-5-7-12)19-17(22)13-8-10-14(11-9-13)20(24)25/h3-11,15-16,21H,2H2,1H3,(H,19,22)/t15-,16-/m0/s1. The van der Waals surface area contributed by atoms with Crippen molar-refractivity contribution < 1.29 is 24.4 Å². The van der Waals surface area contributed by atoms with Gasteiger partial charge in [0.1, 0.15) is 0 Å². The lowest BCUT2D eigenvalue weighted by molar-refractivity contribution is -0.384. The second-order valence-electron chi connectivity index (χ2n) is 5.36. The van der Waals surface area contributed by atoms with Crippen molar-refractivity contribution in [2.24, 2.45) is 0 Å². The number of non-ortho nitro benzene ring substituents is 1. The maximum atomic E-state index is 12.5. The van der Waals surface area contributed by atoms with Crippen LogP contribution in [0.5, 0.6) is 0 Å². The zero-order valence-electron chi connectivity index (χ0n) is 14.0. The lowest BCUT2D eigenvalue weighted by Crippen LogP contribution is -2.41. The van der Waals surface area contributed by atoms with Crippen LogP contribution in [0.25, 0.3) is 0 Å². The lowest BCUT2D eigenvalue weighted by Gasteiger charge is -2.23. The summed E-state index contributed by atoms with van der Waals surface area (Å²) >= 11 is 0. The van der Waals surface area contributed by atoms with Crippen molar-refractivity contribution in [2.75, 3.05) is 6.61 Å². The van der Waals surface area contributed by atoms with Gasteiger partial charge < -0.3 is 15.2 Å². The molecule has 0 unspecified atom stereocenters. The largest absolute Gasteiger partial charge is 0.464 e. The molecule has 1 amide bonds. The molecular weight excluding hydrogens is 340 g/mol. The third kappa shape index (κ3) is 4.64. The summed E-state index contributed by atoms with van der Waals surface area (Å²) in [5.41, 5.74) is 0.531. The number of rotatable bonds is 7. The summed E-state index contributed by atoms with van der Waals surface area (Å²) in [4.78, 5) is 34.5. The summed E-state index contributed by atoms with van der Waals surface area (Å²) in [5, 5.41) is 23.6. The molecule has 2 atom stereocenters. The molecule has 0 fully saturated rings. The lowest BCUT2D eigenvalue weighted by atomic mass is 10.0. The van der Waals surface area contributed by atoms with E-state index in [1.54, 1.807) is 37.3 Å². The van der Waals surface area contributed by atoms with Gasteiger partial charge >= 0.3 is 5.97 Å². The van der Waals surface area contributed by atoms with E-state index in [0.717, 1.165) is 0 Å². The van der Waals surface area contributed by atoms with Crippen molar-refractivity contribution in [3.05, 3.63) is 75.8 Å². The zero-order chi connectivity index (χ0) is 19.1. The molecule has 8 nitrogen and oxygen atoms in total. The molecule has 0 saturated heterocycles. The number of aliphatic hydroxyl groups excluding tert-OH is 1. The van der Waals surface area contributed by atoms with Gasteiger partial charge in [0.2, 0.25) is 0 Å². The fraction of sp³-hybridized carbons (Fsp3) is 0.222. The Labute approximate surface area is 149 Å². The Balaban J connectivity index is 2.24. The first-order chi connectivity index (χ1) is 12.4. The van der Waals surface area contributed by atoms with Gasteiger partial charge in [0, 0.05) is 17.7 Å². The van der Waals surface area contributed by atoms with Crippen molar-refractivity contribution in [1.82, 2.24) is 5.32 Å². The van der Waals surface area contributed by atoms with E-state index in [2.05, 4.69) is 5.32 Å². The number of nitro groups is 1. The smallest absolute Gasteiger partial charge is 0.337 e. The highest BCUT2D eigenvalue weighted by molar-refractivity contribution is 5.95. The fourth-order valence-corrected chi connectivity index (χ4v) is 2.33. The molecule has 8 heteroatoms. The SMILES string of the molecule is CCOC(=O)[C@@H](O)[C@@H](NC(=O)c1ccc([N+](=O)[O-])cc1)c1ccccc1. The molecule has 0 heterocycles. The van der Waals surface area contributed by atoms with Gasteiger partial charge in [-0.2, -0.15) is 0 Å². The van der Waals surface area contributed by atoms with E-state index in [9.17, 15) is 24.8 Å². The fourth-order valence-electron chi connectivity index (χ4n) is 2.33. The molecule has 0 spiro atoms. The Morgan fingerprint density at radius 2 is 1.77 bits per heavy atom. The number of ether oxygens (including phenoxy) is 1. The second kappa shape index (κ2) is 8.72. The van der Waals surface area contributed by atoms with Gasteiger partial charge in [-0.1, -0.05) is 30.3 Å². The number of aliphatic hydroxyl groups is 1. The van der Waals surface area contributed by atoms with E-state index >= 15 is 0 Å². The summed E-state index contributed by atoms with van der Waals surface area (Å²) in [6.45, 7) is 1.70. The van der Waals surface area contributed by atoms with Crippen molar-refractivity contribution in [3.8, 4) is 0 Å². The maximum Gasteiger partial charge on any atom is 0.337 e.